The molecule has 1 fully saturated rings. The van der Waals surface area contributed by atoms with Crippen molar-refractivity contribution in [3.05, 3.63) is 29.0 Å². The highest BCUT2D eigenvalue weighted by molar-refractivity contribution is 6.33. The Kier molecular flexibility index (Phi) is 5.16. The molecule has 2 N–H and O–H groups in total. The van der Waals surface area contributed by atoms with Gasteiger partial charge in [-0.1, -0.05) is 18.0 Å². The fourth-order valence-corrected chi connectivity index (χ4v) is 2.45. The highest BCUT2D eigenvalue weighted by Gasteiger charge is 2.14. The minimum Gasteiger partial charge on any atom is -0.325 e. The van der Waals surface area contributed by atoms with E-state index in [-0.39, 0.29) is 5.91 Å². The van der Waals surface area contributed by atoms with Gasteiger partial charge in [-0.15, -0.1) is 0 Å². The summed E-state index contributed by atoms with van der Waals surface area (Å²) in [5.41, 5.74) is 0.336. The molecule has 1 atom stereocenters. The van der Waals surface area contributed by atoms with Crippen LogP contribution in [0.3, 0.4) is 0 Å². The van der Waals surface area contributed by atoms with Crippen LogP contribution in [0.15, 0.2) is 18.2 Å². The van der Waals surface area contributed by atoms with Gasteiger partial charge in [-0.25, -0.2) is 4.39 Å². The van der Waals surface area contributed by atoms with Crippen LogP contribution in [-0.4, -0.2) is 18.5 Å². The van der Waals surface area contributed by atoms with E-state index in [0.29, 0.717) is 23.2 Å². The Morgan fingerprint density at radius 1 is 1.47 bits per heavy atom. The van der Waals surface area contributed by atoms with Crippen LogP contribution in [0.2, 0.25) is 5.02 Å². The first-order chi connectivity index (χ1) is 9.15. The van der Waals surface area contributed by atoms with E-state index in [1.807, 2.05) is 0 Å². The molecule has 0 aromatic heterocycles. The molecule has 1 aliphatic heterocycles. The summed E-state index contributed by atoms with van der Waals surface area (Å²) < 4.78 is 13.1. The van der Waals surface area contributed by atoms with Crippen LogP contribution in [0.4, 0.5) is 10.1 Å². The summed E-state index contributed by atoms with van der Waals surface area (Å²) in [6.45, 7) is 1.03. The highest BCUT2D eigenvalue weighted by Crippen LogP contribution is 2.22. The number of carbonyl (C=O) groups excluding carboxylic acids is 1. The molecular weight excluding hydrogens is 267 g/mol. The van der Waals surface area contributed by atoms with Gasteiger partial charge in [-0.05, 0) is 44.0 Å². The summed E-state index contributed by atoms with van der Waals surface area (Å²) in [6, 6.07) is 4.36. The van der Waals surface area contributed by atoms with Gasteiger partial charge in [0.25, 0.3) is 0 Å². The van der Waals surface area contributed by atoms with Gasteiger partial charge >= 0.3 is 0 Å². The third kappa shape index (κ3) is 4.48. The number of rotatable bonds is 4. The second-order valence-electron chi connectivity index (χ2n) is 4.86. The highest BCUT2D eigenvalue weighted by atomic mass is 35.5. The second kappa shape index (κ2) is 6.87. The predicted molar refractivity (Wildman–Crippen MR) is 74.9 cm³/mol. The van der Waals surface area contributed by atoms with Crippen molar-refractivity contribution in [2.75, 3.05) is 11.9 Å². The van der Waals surface area contributed by atoms with Crippen LogP contribution in [0.25, 0.3) is 0 Å². The van der Waals surface area contributed by atoms with Gasteiger partial charge in [0.1, 0.15) is 5.82 Å². The van der Waals surface area contributed by atoms with E-state index in [4.69, 9.17) is 11.6 Å². The van der Waals surface area contributed by atoms with Gasteiger partial charge in [0.15, 0.2) is 0 Å². The average Bonchev–Trinajstić information content (AvgIpc) is 2.42. The number of anilines is 1. The number of benzene rings is 1. The van der Waals surface area contributed by atoms with Gasteiger partial charge in [-0.3, -0.25) is 4.79 Å². The second-order valence-corrected chi connectivity index (χ2v) is 5.27. The zero-order chi connectivity index (χ0) is 13.7. The number of carbonyl (C=O) groups is 1. The SMILES string of the molecule is O=C(CCC1CCCCN1)Nc1cc(F)ccc1Cl. The van der Waals surface area contributed by atoms with Crippen molar-refractivity contribution in [3.63, 3.8) is 0 Å². The van der Waals surface area contributed by atoms with Crippen molar-refractivity contribution in [3.8, 4) is 0 Å². The van der Waals surface area contributed by atoms with E-state index >= 15 is 0 Å². The first-order valence-corrected chi connectivity index (χ1v) is 7.01. The van der Waals surface area contributed by atoms with Crippen LogP contribution in [0, 0.1) is 5.82 Å². The number of hydrogen-bond acceptors (Lipinski definition) is 2. The van der Waals surface area contributed by atoms with Crippen LogP contribution in [0.1, 0.15) is 32.1 Å². The van der Waals surface area contributed by atoms with Crippen molar-refractivity contribution in [2.45, 2.75) is 38.1 Å². The fourth-order valence-electron chi connectivity index (χ4n) is 2.28. The van der Waals surface area contributed by atoms with Crippen LogP contribution in [-0.2, 0) is 4.79 Å². The lowest BCUT2D eigenvalue weighted by atomic mass is 10.0. The lowest BCUT2D eigenvalue weighted by molar-refractivity contribution is -0.116. The summed E-state index contributed by atoms with van der Waals surface area (Å²) in [5.74, 6) is -0.534. The molecule has 1 amide bonds. The molecule has 0 spiro atoms. The Morgan fingerprint density at radius 2 is 2.32 bits per heavy atom. The lowest BCUT2D eigenvalue weighted by Crippen LogP contribution is -2.34. The Bertz CT molecular complexity index is 447. The normalized spacial score (nSPS) is 19.2. The fraction of sp³-hybridized carbons (Fsp3) is 0.500. The van der Waals surface area contributed by atoms with E-state index in [2.05, 4.69) is 10.6 Å². The van der Waals surface area contributed by atoms with Crippen LogP contribution < -0.4 is 10.6 Å². The molecule has 1 aromatic carbocycles. The Hall–Kier alpha value is -1.13. The number of piperidine rings is 1. The van der Waals surface area contributed by atoms with Crippen LogP contribution >= 0.6 is 11.6 Å². The smallest absolute Gasteiger partial charge is 0.224 e. The maximum atomic E-state index is 13.1. The molecule has 104 valence electrons. The molecule has 0 aliphatic carbocycles. The maximum absolute atomic E-state index is 13.1. The number of amides is 1. The molecule has 1 heterocycles. The zero-order valence-electron chi connectivity index (χ0n) is 10.7. The predicted octanol–water partition coefficient (Wildman–Crippen LogP) is 3.34. The molecule has 0 bridgehead atoms. The average molecular weight is 285 g/mol. The third-order valence-electron chi connectivity index (χ3n) is 3.33. The van der Waals surface area contributed by atoms with Crippen LogP contribution in [0.5, 0.6) is 0 Å². The first-order valence-electron chi connectivity index (χ1n) is 6.63. The minimum atomic E-state index is -0.409. The van der Waals surface area contributed by atoms with Crippen molar-refractivity contribution < 1.29 is 9.18 Å². The summed E-state index contributed by atoms with van der Waals surface area (Å²) in [5, 5.41) is 6.40. The maximum Gasteiger partial charge on any atom is 0.224 e. The summed E-state index contributed by atoms with van der Waals surface area (Å²) in [4.78, 5) is 11.8. The van der Waals surface area contributed by atoms with Gasteiger partial charge < -0.3 is 10.6 Å². The Labute approximate surface area is 117 Å². The molecule has 3 nitrogen and oxygen atoms in total. The van der Waals surface area contributed by atoms with E-state index in [1.165, 1.54) is 31.0 Å². The molecule has 1 aliphatic rings. The molecule has 0 saturated carbocycles. The molecule has 1 unspecified atom stereocenters. The Balaban J connectivity index is 1.81. The van der Waals surface area contributed by atoms with Crippen molar-refractivity contribution >= 4 is 23.2 Å². The molecule has 1 aromatic rings. The quantitative estimate of drug-likeness (QED) is 0.890. The zero-order valence-corrected chi connectivity index (χ0v) is 11.5. The van der Waals surface area contributed by atoms with Crippen molar-refractivity contribution in [2.24, 2.45) is 0 Å². The Morgan fingerprint density at radius 3 is 3.05 bits per heavy atom. The first kappa shape index (κ1) is 14.3. The monoisotopic (exact) mass is 284 g/mol. The molecular formula is C14H18ClFN2O. The van der Waals surface area contributed by atoms with E-state index in [0.717, 1.165) is 19.4 Å². The molecule has 0 radical (unpaired) electrons. The largest absolute Gasteiger partial charge is 0.325 e. The topological polar surface area (TPSA) is 41.1 Å². The van der Waals surface area contributed by atoms with Gasteiger partial charge in [0.2, 0.25) is 5.91 Å². The summed E-state index contributed by atoms with van der Waals surface area (Å²) in [7, 11) is 0. The molecule has 5 heteroatoms. The van der Waals surface area contributed by atoms with Gasteiger partial charge in [-0.2, -0.15) is 0 Å². The molecule has 2 rings (SSSR count). The van der Waals surface area contributed by atoms with E-state index < -0.39 is 5.82 Å². The summed E-state index contributed by atoms with van der Waals surface area (Å²) >= 11 is 5.90. The van der Waals surface area contributed by atoms with Gasteiger partial charge in [0.05, 0.1) is 10.7 Å². The van der Waals surface area contributed by atoms with E-state index in [9.17, 15) is 9.18 Å². The van der Waals surface area contributed by atoms with Crippen molar-refractivity contribution in [1.82, 2.24) is 5.32 Å². The third-order valence-corrected chi connectivity index (χ3v) is 3.66. The lowest BCUT2D eigenvalue weighted by Gasteiger charge is -2.23. The van der Waals surface area contributed by atoms with Crippen molar-refractivity contribution in [1.29, 1.82) is 0 Å². The molecule has 19 heavy (non-hydrogen) atoms. The van der Waals surface area contributed by atoms with E-state index in [1.54, 1.807) is 0 Å². The molecule has 1 saturated heterocycles. The number of hydrogen-bond donors (Lipinski definition) is 2. The minimum absolute atomic E-state index is 0.125. The standard InChI is InChI=1S/C14H18ClFN2O/c15-12-6-4-10(16)9-13(12)18-14(19)7-5-11-3-1-2-8-17-11/h4,6,9,11,17H,1-3,5,7-8H2,(H,18,19). The number of nitrogens with one attached hydrogen (secondary N) is 2. The van der Waals surface area contributed by atoms with Gasteiger partial charge in [0, 0.05) is 12.5 Å². The summed E-state index contributed by atoms with van der Waals surface area (Å²) in [6.07, 6.45) is 4.77. The number of halogens is 2.